The van der Waals surface area contributed by atoms with E-state index in [0.717, 1.165) is 0 Å². The number of Topliss-reactive ketones (excluding diaryl/α,β-unsaturated/α-hetero) is 1. The molecule has 1 aromatic carbocycles. The molecule has 0 saturated heterocycles. The summed E-state index contributed by atoms with van der Waals surface area (Å²) in [5, 5.41) is 18.1. The Morgan fingerprint density at radius 2 is 2.07 bits per heavy atom. The van der Waals surface area contributed by atoms with Gasteiger partial charge in [-0.3, -0.25) is 4.79 Å². The fourth-order valence-electron chi connectivity index (χ4n) is 0.975. The van der Waals surface area contributed by atoms with Crippen LogP contribution in [-0.2, 0) is 4.74 Å². The zero-order valence-corrected chi connectivity index (χ0v) is 7.86. The molecule has 0 radical (unpaired) electrons. The molecule has 0 unspecified atom stereocenters. The van der Waals surface area contributed by atoms with Crippen LogP contribution < -0.4 is 0 Å². The van der Waals surface area contributed by atoms with E-state index >= 15 is 0 Å². The molecule has 1 aromatic rings. The number of ketones is 1. The minimum atomic E-state index is -0.299. The molecule has 0 heterocycles. The summed E-state index contributed by atoms with van der Waals surface area (Å²) in [6.45, 7) is 2.25. The van der Waals surface area contributed by atoms with E-state index in [2.05, 4.69) is 0 Å². The van der Waals surface area contributed by atoms with Crippen molar-refractivity contribution in [3.63, 3.8) is 0 Å². The molecule has 0 aliphatic rings. The second-order valence-corrected chi connectivity index (χ2v) is 2.76. The van der Waals surface area contributed by atoms with Gasteiger partial charge in [-0.25, -0.2) is 0 Å². The maximum atomic E-state index is 11.3. The molecule has 0 spiro atoms. The summed E-state index contributed by atoms with van der Waals surface area (Å²) in [6, 6.07) is 3.93. The normalized spacial score (nSPS) is 10.1. The van der Waals surface area contributed by atoms with Crippen LogP contribution in [0.3, 0.4) is 0 Å². The maximum absolute atomic E-state index is 11.3. The second kappa shape index (κ2) is 4.62. The lowest BCUT2D eigenvalue weighted by Gasteiger charge is -2.02. The topological polar surface area (TPSA) is 66.8 Å². The molecule has 0 saturated carbocycles. The molecule has 0 aromatic heterocycles. The molecule has 2 N–H and O–H groups in total. The second-order valence-electron chi connectivity index (χ2n) is 2.76. The quantitative estimate of drug-likeness (QED) is 0.563. The zero-order chi connectivity index (χ0) is 10.6. The summed E-state index contributed by atoms with van der Waals surface area (Å²) in [5.74, 6) is -0.757. The van der Waals surface area contributed by atoms with Crippen LogP contribution in [-0.4, -0.2) is 29.2 Å². The smallest absolute Gasteiger partial charge is 0.188 e. The Kier molecular flexibility index (Phi) is 3.48. The molecule has 0 aliphatic carbocycles. The lowest BCUT2D eigenvalue weighted by atomic mass is 10.1. The Labute approximate surface area is 81.8 Å². The highest BCUT2D eigenvalue weighted by atomic mass is 16.5. The van der Waals surface area contributed by atoms with Crippen molar-refractivity contribution in [2.24, 2.45) is 0 Å². The van der Waals surface area contributed by atoms with Crippen molar-refractivity contribution >= 4 is 5.78 Å². The molecule has 0 aliphatic heterocycles. The van der Waals surface area contributed by atoms with Gasteiger partial charge >= 0.3 is 0 Å². The summed E-state index contributed by atoms with van der Waals surface area (Å²) in [5.41, 5.74) is 0.328. The van der Waals surface area contributed by atoms with Gasteiger partial charge in [0.2, 0.25) is 0 Å². The van der Waals surface area contributed by atoms with Crippen molar-refractivity contribution in [2.75, 3.05) is 13.2 Å². The van der Waals surface area contributed by atoms with Crippen molar-refractivity contribution < 1.29 is 19.7 Å². The molecule has 0 fully saturated rings. The van der Waals surface area contributed by atoms with Crippen molar-refractivity contribution in [1.29, 1.82) is 0 Å². The number of carbonyl (C=O) groups is 1. The van der Waals surface area contributed by atoms with E-state index in [1.807, 2.05) is 0 Å². The van der Waals surface area contributed by atoms with E-state index in [-0.39, 0.29) is 23.9 Å². The molecule has 1 rings (SSSR count). The molecule has 4 heteroatoms. The van der Waals surface area contributed by atoms with Crippen LogP contribution >= 0.6 is 0 Å². The number of aromatic hydroxyl groups is 2. The highest BCUT2D eigenvalue weighted by Gasteiger charge is 2.08. The first kappa shape index (κ1) is 10.5. The van der Waals surface area contributed by atoms with Gasteiger partial charge in [0.05, 0.1) is 0 Å². The van der Waals surface area contributed by atoms with Crippen LogP contribution in [0.15, 0.2) is 18.2 Å². The molecular weight excluding hydrogens is 184 g/mol. The monoisotopic (exact) mass is 196 g/mol. The number of benzene rings is 1. The average Bonchev–Trinajstić information content (AvgIpc) is 2.18. The number of phenols is 2. The third-order valence-electron chi connectivity index (χ3n) is 1.73. The summed E-state index contributed by atoms with van der Waals surface area (Å²) in [4.78, 5) is 11.3. The minimum Gasteiger partial charge on any atom is -0.504 e. The summed E-state index contributed by atoms with van der Waals surface area (Å²) >= 11 is 0. The number of carbonyl (C=O) groups excluding carboxylic acids is 1. The molecule has 14 heavy (non-hydrogen) atoms. The van der Waals surface area contributed by atoms with Gasteiger partial charge in [-0.15, -0.1) is 0 Å². The lowest BCUT2D eigenvalue weighted by molar-refractivity contribution is 0.0783. The number of rotatable bonds is 4. The van der Waals surface area contributed by atoms with Crippen LogP contribution in [0.1, 0.15) is 17.3 Å². The zero-order valence-electron chi connectivity index (χ0n) is 7.86. The van der Waals surface area contributed by atoms with Crippen molar-refractivity contribution in [3.8, 4) is 11.5 Å². The SMILES string of the molecule is CCOCC(=O)c1ccc(O)c(O)c1. The van der Waals surface area contributed by atoms with Gasteiger partial charge in [-0.05, 0) is 25.1 Å². The van der Waals surface area contributed by atoms with Crippen LogP contribution in [0.4, 0.5) is 0 Å². The van der Waals surface area contributed by atoms with E-state index in [0.29, 0.717) is 12.2 Å². The summed E-state index contributed by atoms with van der Waals surface area (Å²) in [7, 11) is 0. The van der Waals surface area contributed by atoms with Gasteiger partial charge in [0.25, 0.3) is 0 Å². The first-order chi connectivity index (χ1) is 6.65. The van der Waals surface area contributed by atoms with Crippen molar-refractivity contribution in [1.82, 2.24) is 0 Å². The molecule has 76 valence electrons. The predicted molar refractivity (Wildman–Crippen MR) is 50.6 cm³/mol. The average molecular weight is 196 g/mol. The number of phenolic OH excluding ortho intramolecular Hbond substituents is 2. The summed E-state index contributed by atoms with van der Waals surface area (Å²) < 4.78 is 4.93. The first-order valence-corrected chi connectivity index (χ1v) is 4.28. The standard InChI is InChI=1S/C10H12O4/c1-2-14-6-10(13)7-3-4-8(11)9(12)5-7/h3-5,11-12H,2,6H2,1H3. The van der Waals surface area contributed by atoms with Crippen LogP contribution in [0.5, 0.6) is 11.5 Å². The fraction of sp³-hybridized carbons (Fsp3) is 0.300. The molecule has 0 atom stereocenters. The number of ether oxygens (including phenoxy) is 1. The lowest BCUT2D eigenvalue weighted by Crippen LogP contribution is -2.08. The molecule has 0 amide bonds. The van der Waals surface area contributed by atoms with Gasteiger partial charge in [0.1, 0.15) is 6.61 Å². The Hall–Kier alpha value is -1.55. The number of hydrogen-bond acceptors (Lipinski definition) is 4. The van der Waals surface area contributed by atoms with Gasteiger partial charge in [-0.2, -0.15) is 0 Å². The van der Waals surface area contributed by atoms with E-state index in [1.165, 1.54) is 18.2 Å². The fourth-order valence-corrected chi connectivity index (χ4v) is 0.975. The highest BCUT2D eigenvalue weighted by Crippen LogP contribution is 2.24. The van der Waals surface area contributed by atoms with Crippen LogP contribution in [0.25, 0.3) is 0 Å². The maximum Gasteiger partial charge on any atom is 0.188 e. The van der Waals surface area contributed by atoms with Gasteiger partial charge < -0.3 is 14.9 Å². The van der Waals surface area contributed by atoms with E-state index in [4.69, 9.17) is 14.9 Å². The number of hydrogen-bond donors (Lipinski definition) is 2. The molecular formula is C10H12O4. The van der Waals surface area contributed by atoms with E-state index in [1.54, 1.807) is 6.92 Å². The Bertz CT molecular complexity index is 333. The first-order valence-electron chi connectivity index (χ1n) is 4.28. The van der Waals surface area contributed by atoms with Gasteiger partial charge in [-0.1, -0.05) is 0 Å². The largest absolute Gasteiger partial charge is 0.504 e. The summed E-state index contributed by atoms with van der Waals surface area (Å²) in [6.07, 6.45) is 0. The third-order valence-corrected chi connectivity index (χ3v) is 1.73. The van der Waals surface area contributed by atoms with Gasteiger partial charge in [0.15, 0.2) is 17.3 Å². The third kappa shape index (κ3) is 2.47. The van der Waals surface area contributed by atoms with Crippen LogP contribution in [0.2, 0.25) is 0 Å². The van der Waals surface area contributed by atoms with Gasteiger partial charge in [0, 0.05) is 12.2 Å². The van der Waals surface area contributed by atoms with Crippen molar-refractivity contribution in [2.45, 2.75) is 6.92 Å². The van der Waals surface area contributed by atoms with Crippen LogP contribution in [0, 0.1) is 0 Å². The highest BCUT2D eigenvalue weighted by molar-refractivity contribution is 5.97. The van der Waals surface area contributed by atoms with E-state index in [9.17, 15) is 4.79 Å². The Morgan fingerprint density at radius 3 is 2.64 bits per heavy atom. The molecule has 0 bridgehead atoms. The Balaban J connectivity index is 2.76. The predicted octanol–water partition coefficient (Wildman–Crippen LogP) is 1.32. The van der Waals surface area contributed by atoms with E-state index < -0.39 is 0 Å². The van der Waals surface area contributed by atoms with Crippen molar-refractivity contribution in [3.05, 3.63) is 23.8 Å². The Morgan fingerprint density at radius 1 is 1.36 bits per heavy atom. The minimum absolute atomic E-state index is 0.0132. The molecule has 4 nitrogen and oxygen atoms in total.